The molecule has 0 saturated heterocycles. The zero-order valence-electron chi connectivity index (χ0n) is 9.29. The minimum absolute atomic E-state index is 0.142. The molecule has 2 rings (SSSR count). The largest absolute Gasteiger partial charge is 0.309 e. The molecule has 2 nitrogen and oxygen atoms in total. The molecule has 1 heterocycles. The first-order chi connectivity index (χ1) is 7.74. The molecule has 1 aliphatic rings. The average molecular weight is 226 g/mol. The molecular weight excluding hydrogens is 210 g/mol. The summed E-state index contributed by atoms with van der Waals surface area (Å²) in [4.78, 5) is 4.25. The molecule has 1 aliphatic carbocycles. The first-order valence-corrected chi connectivity index (χ1v) is 5.69. The van der Waals surface area contributed by atoms with E-state index in [4.69, 9.17) is 0 Å². The predicted octanol–water partition coefficient (Wildman–Crippen LogP) is 2.35. The summed E-state index contributed by atoms with van der Waals surface area (Å²) in [6, 6.07) is 3.09. The lowest BCUT2D eigenvalue weighted by Crippen LogP contribution is -2.40. The molecular formula is C12H16F2N2. The van der Waals surface area contributed by atoms with Crippen LogP contribution in [0.5, 0.6) is 0 Å². The van der Waals surface area contributed by atoms with Crippen LogP contribution in [0.15, 0.2) is 18.3 Å². The van der Waals surface area contributed by atoms with Crippen LogP contribution in [0.2, 0.25) is 0 Å². The van der Waals surface area contributed by atoms with Crippen molar-refractivity contribution < 1.29 is 8.78 Å². The molecule has 0 saturated carbocycles. The van der Waals surface area contributed by atoms with Crippen LogP contribution < -0.4 is 5.32 Å². The van der Waals surface area contributed by atoms with Gasteiger partial charge in [-0.3, -0.25) is 4.98 Å². The Labute approximate surface area is 94.1 Å². The molecule has 0 aliphatic heterocycles. The Kier molecular flexibility index (Phi) is 3.49. The Morgan fingerprint density at radius 3 is 3.06 bits per heavy atom. The van der Waals surface area contributed by atoms with Gasteiger partial charge in [-0.05, 0) is 31.0 Å². The minimum atomic E-state index is -2.34. The maximum atomic E-state index is 12.9. The van der Waals surface area contributed by atoms with Crippen molar-refractivity contribution in [1.82, 2.24) is 10.3 Å². The maximum Gasteiger partial charge on any atom is 0.254 e. The normalized spacial score (nSPS) is 21.1. The van der Waals surface area contributed by atoms with E-state index in [1.165, 1.54) is 0 Å². The number of hydrogen-bond acceptors (Lipinski definition) is 2. The lowest BCUT2D eigenvalue weighted by molar-refractivity contribution is 0.0852. The molecule has 88 valence electrons. The van der Waals surface area contributed by atoms with Crippen molar-refractivity contribution in [2.45, 2.75) is 38.2 Å². The Morgan fingerprint density at radius 2 is 2.38 bits per heavy atom. The zero-order valence-corrected chi connectivity index (χ0v) is 9.29. The molecule has 2 unspecified atom stereocenters. The maximum absolute atomic E-state index is 12.9. The second-order valence-electron chi connectivity index (χ2n) is 4.11. The van der Waals surface area contributed by atoms with E-state index in [1.807, 2.05) is 19.1 Å². The number of rotatable bonds is 4. The molecule has 0 radical (unpaired) electrons. The van der Waals surface area contributed by atoms with Gasteiger partial charge in [0, 0.05) is 17.8 Å². The standard InChI is InChI=1S/C12H16F2N2/c1-2-15-11(12(13)14)9-6-5-8-4-3-7-16-10(8)9/h3-4,7,9,11-12,15H,2,5-6H2,1H3. The van der Waals surface area contributed by atoms with E-state index in [2.05, 4.69) is 10.3 Å². The van der Waals surface area contributed by atoms with Gasteiger partial charge in [0.05, 0.1) is 6.04 Å². The highest BCUT2D eigenvalue weighted by atomic mass is 19.3. The molecule has 0 spiro atoms. The number of nitrogens with one attached hydrogen (secondary N) is 1. The third kappa shape index (κ3) is 2.07. The van der Waals surface area contributed by atoms with Gasteiger partial charge in [0.25, 0.3) is 6.43 Å². The number of fused-ring (bicyclic) bond motifs is 1. The summed E-state index contributed by atoms with van der Waals surface area (Å²) in [5.41, 5.74) is 1.98. The minimum Gasteiger partial charge on any atom is -0.309 e. The van der Waals surface area contributed by atoms with Crippen LogP contribution in [0, 0.1) is 0 Å². The van der Waals surface area contributed by atoms with Crippen molar-refractivity contribution >= 4 is 0 Å². The molecule has 16 heavy (non-hydrogen) atoms. The fourth-order valence-corrected chi connectivity index (χ4v) is 2.44. The van der Waals surface area contributed by atoms with E-state index >= 15 is 0 Å². The summed E-state index contributed by atoms with van der Waals surface area (Å²) in [6.07, 6.45) is 0.987. The summed E-state index contributed by atoms with van der Waals surface area (Å²) in [6.45, 7) is 2.41. The van der Waals surface area contributed by atoms with Gasteiger partial charge < -0.3 is 5.32 Å². The highest BCUT2D eigenvalue weighted by Crippen LogP contribution is 2.35. The van der Waals surface area contributed by atoms with Crippen LogP contribution in [0.4, 0.5) is 8.78 Å². The van der Waals surface area contributed by atoms with E-state index in [1.54, 1.807) is 6.20 Å². The number of alkyl halides is 2. The first-order valence-electron chi connectivity index (χ1n) is 5.69. The van der Waals surface area contributed by atoms with Crippen LogP contribution in [0.3, 0.4) is 0 Å². The predicted molar refractivity (Wildman–Crippen MR) is 58.8 cm³/mol. The second kappa shape index (κ2) is 4.87. The molecule has 1 aromatic rings. The smallest absolute Gasteiger partial charge is 0.254 e. The summed E-state index contributed by atoms with van der Waals surface area (Å²) < 4.78 is 25.9. The van der Waals surface area contributed by atoms with E-state index in [0.29, 0.717) is 6.54 Å². The lowest BCUT2D eigenvalue weighted by Gasteiger charge is -2.23. The van der Waals surface area contributed by atoms with Gasteiger partial charge in [0.15, 0.2) is 0 Å². The van der Waals surface area contributed by atoms with Gasteiger partial charge in [-0.15, -0.1) is 0 Å². The Hall–Kier alpha value is -1.03. The van der Waals surface area contributed by atoms with Crippen molar-refractivity contribution in [1.29, 1.82) is 0 Å². The third-order valence-electron chi connectivity index (χ3n) is 3.15. The SMILES string of the molecule is CCNC(C(F)F)C1CCc2cccnc21. The highest BCUT2D eigenvalue weighted by Gasteiger charge is 2.35. The number of hydrogen-bond donors (Lipinski definition) is 1. The van der Waals surface area contributed by atoms with Crippen LogP contribution >= 0.6 is 0 Å². The van der Waals surface area contributed by atoms with Crippen molar-refractivity contribution in [3.63, 3.8) is 0 Å². The van der Waals surface area contributed by atoms with Crippen molar-refractivity contribution in [3.05, 3.63) is 29.6 Å². The lowest BCUT2D eigenvalue weighted by atomic mass is 9.97. The van der Waals surface area contributed by atoms with Crippen molar-refractivity contribution in [2.24, 2.45) is 0 Å². The third-order valence-corrected chi connectivity index (χ3v) is 3.15. The molecule has 0 amide bonds. The highest BCUT2D eigenvalue weighted by molar-refractivity contribution is 5.30. The number of nitrogens with zero attached hydrogens (tertiary/aromatic N) is 1. The summed E-state index contributed by atoms with van der Waals surface area (Å²) in [7, 11) is 0. The van der Waals surface area contributed by atoms with Crippen LogP contribution in [-0.4, -0.2) is 24.0 Å². The van der Waals surface area contributed by atoms with Crippen molar-refractivity contribution in [2.75, 3.05) is 6.54 Å². The average Bonchev–Trinajstić information content (AvgIpc) is 2.69. The Morgan fingerprint density at radius 1 is 1.56 bits per heavy atom. The van der Waals surface area contributed by atoms with Gasteiger partial charge in [-0.2, -0.15) is 0 Å². The molecule has 2 atom stereocenters. The topological polar surface area (TPSA) is 24.9 Å². The van der Waals surface area contributed by atoms with Gasteiger partial charge in [-0.1, -0.05) is 13.0 Å². The molecule has 0 bridgehead atoms. The van der Waals surface area contributed by atoms with Gasteiger partial charge in [-0.25, -0.2) is 8.78 Å². The number of likely N-dealkylation sites (N-methyl/N-ethyl adjacent to an activating group) is 1. The number of aromatic nitrogens is 1. The van der Waals surface area contributed by atoms with Crippen LogP contribution in [0.1, 0.15) is 30.5 Å². The molecule has 4 heteroatoms. The van der Waals surface area contributed by atoms with Crippen LogP contribution in [-0.2, 0) is 6.42 Å². The summed E-state index contributed by atoms with van der Waals surface area (Å²) in [5.74, 6) is -0.142. The zero-order chi connectivity index (χ0) is 11.5. The number of pyridine rings is 1. The monoisotopic (exact) mass is 226 g/mol. The first kappa shape index (κ1) is 11.5. The Bertz CT molecular complexity index is 355. The second-order valence-corrected chi connectivity index (χ2v) is 4.11. The summed E-state index contributed by atoms with van der Waals surface area (Å²) >= 11 is 0. The molecule has 0 fully saturated rings. The Balaban J connectivity index is 2.22. The fourth-order valence-electron chi connectivity index (χ4n) is 2.44. The van der Waals surface area contributed by atoms with Gasteiger partial charge in [0.1, 0.15) is 0 Å². The van der Waals surface area contributed by atoms with Gasteiger partial charge >= 0.3 is 0 Å². The molecule has 0 aromatic carbocycles. The fraction of sp³-hybridized carbons (Fsp3) is 0.583. The molecule has 1 N–H and O–H groups in total. The van der Waals surface area contributed by atoms with Gasteiger partial charge in [0.2, 0.25) is 0 Å². The molecule has 1 aromatic heterocycles. The number of halogens is 2. The van der Waals surface area contributed by atoms with E-state index < -0.39 is 12.5 Å². The number of aryl methyl sites for hydroxylation is 1. The van der Waals surface area contributed by atoms with Crippen molar-refractivity contribution in [3.8, 4) is 0 Å². The van der Waals surface area contributed by atoms with E-state index in [-0.39, 0.29) is 5.92 Å². The quantitative estimate of drug-likeness (QED) is 0.852. The van der Waals surface area contributed by atoms with Crippen LogP contribution in [0.25, 0.3) is 0 Å². The summed E-state index contributed by atoms with van der Waals surface area (Å²) in [5, 5.41) is 2.87. The van der Waals surface area contributed by atoms with E-state index in [0.717, 1.165) is 24.1 Å². The van der Waals surface area contributed by atoms with E-state index in [9.17, 15) is 8.78 Å².